The van der Waals surface area contributed by atoms with Gasteiger partial charge in [0.2, 0.25) is 0 Å². The third-order valence-corrected chi connectivity index (χ3v) is 3.39. The quantitative estimate of drug-likeness (QED) is 0.617. The van der Waals surface area contributed by atoms with Gasteiger partial charge in [-0.2, -0.15) is 0 Å². The highest BCUT2D eigenvalue weighted by molar-refractivity contribution is 5.76. The molecule has 2 heteroatoms. The zero-order valence-corrected chi connectivity index (χ0v) is 8.93. The summed E-state index contributed by atoms with van der Waals surface area (Å²) in [6.45, 7) is 4.32. The Hall–Kier alpha value is -0.530. The molecule has 1 aliphatic carbocycles. The summed E-state index contributed by atoms with van der Waals surface area (Å²) in [6, 6.07) is 0. The second-order valence-corrected chi connectivity index (χ2v) is 4.33. The molecule has 0 aromatic heterocycles. The molecule has 0 aromatic carbocycles. The van der Waals surface area contributed by atoms with E-state index in [2.05, 4.69) is 13.8 Å². The van der Waals surface area contributed by atoms with Crippen LogP contribution in [0.4, 0.5) is 0 Å². The molecule has 2 unspecified atom stereocenters. The Morgan fingerprint density at radius 2 is 2.31 bits per heavy atom. The van der Waals surface area contributed by atoms with E-state index in [1.165, 1.54) is 20.0 Å². The Bertz CT molecular complexity index is 189. The average molecular weight is 184 g/mol. The van der Waals surface area contributed by atoms with Crippen LogP contribution in [0.15, 0.2) is 0 Å². The molecule has 0 amide bonds. The molecule has 1 saturated carbocycles. The van der Waals surface area contributed by atoms with Gasteiger partial charge in [0.25, 0.3) is 0 Å². The standard InChI is InChI=1S/C11H20O2/c1-4-11(10(12)13-3)7-5-6-9(2)8-11/h9H,4-8H2,1-3H3. The Labute approximate surface area is 80.7 Å². The van der Waals surface area contributed by atoms with Crippen molar-refractivity contribution in [1.82, 2.24) is 0 Å². The van der Waals surface area contributed by atoms with Gasteiger partial charge in [0, 0.05) is 0 Å². The van der Waals surface area contributed by atoms with Crippen LogP contribution in [0.5, 0.6) is 0 Å². The summed E-state index contributed by atoms with van der Waals surface area (Å²) in [5.74, 6) is 0.675. The number of carbonyl (C=O) groups excluding carboxylic acids is 1. The third kappa shape index (κ3) is 2.04. The van der Waals surface area contributed by atoms with Crippen molar-refractivity contribution in [2.24, 2.45) is 11.3 Å². The Morgan fingerprint density at radius 3 is 2.77 bits per heavy atom. The minimum Gasteiger partial charge on any atom is -0.469 e. The zero-order valence-electron chi connectivity index (χ0n) is 8.93. The van der Waals surface area contributed by atoms with Crippen LogP contribution in [0.3, 0.4) is 0 Å². The predicted molar refractivity (Wildman–Crippen MR) is 52.4 cm³/mol. The second-order valence-electron chi connectivity index (χ2n) is 4.33. The van der Waals surface area contributed by atoms with E-state index < -0.39 is 0 Å². The summed E-state index contributed by atoms with van der Waals surface area (Å²) in [5, 5.41) is 0. The molecule has 1 fully saturated rings. The van der Waals surface area contributed by atoms with Gasteiger partial charge in [-0.1, -0.05) is 26.7 Å². The number of hydrogen-bond acceptors (Lipinski definition) is 2. The number of ether oxygens (including phenoxy) is 1. The van der Waals surface area contributed by atoms with Crippen LogP contribution in [0.2, 0.25) is 0 Å². The van der Waals surface area contributed by atoms with Gasteiger partial charge < -0.3 is 4.74 Å². The van der Waals surface area contributed by atoms with Gasteiger partial charge in [-0.3, -0.25) is 4.79 Å². The van der Waals surface area contributed by atoms with Crippen molar-refractivity contribution in [3.05, 3.63) is 0 Å². The van der Waals surface area contributed by atoms with Gasteiger partial charge in [-0.05, 0) is 25.2 Å². The maximum Gasteiger partial charge on any atom is 0.311 e. The van der Waals surface area contributed by atoms with E-state index in [-0.39, 0.29) is 11.4 Å². The first kappa shape index (κ1) is 10.6. The molecule has 1 rings (SSSR count). The highest BCUT2D eigenvalue weighted by atomic mass is 16.5. The summed E-state index contributed by atoms with van der Waals surface area (Å²) in [7, 11) is 1.50. The fourth-order valence-electron chi connectivity index (χ4n) is 2.53. The van der Waals surface area contributed by atoms with Gasteiger partial charge in [0.1, 0.15) is 0 Å². The lowest BCUT2D eigenvalue weighted by molar-refractivity contribution is -0.156. The fourth-order valence-corrected chi connectivity index (χ4v) is 2.53. The lowest BCUT2D eigenvalue weighted by Gasteiger charge is -2.36. The van der Waals surface area contributed by atoms with E-state index in [0.717, 1.165) is 19.3 Å². The van der Waals surface area contributed by atoms with Gasteiger partial charge in [-0.25, -0.2) is 0 Å². The molecule has 76 valence electrons. The van der Waals surface area contributed by atoms with Crippen LogP contribution >= 0.6 is 0 Å². The van der Waals surface area contributed by atoms with Gasteiger partial charge in [-0.15, -0.1) is 0 Å². The molecular weight excluding hydrogens is 164 g/mol. The fraction of sp³-hybridized carbons (Fsp3) is 0.909. The highest BCUT2D eigenvalue weighted by Crippen LogP contribution is 2.42. The molecule has 13 heavy (non-hydrogen) atoms. The van der Waals surface area contributed by atoms with Crippen LogP contribution < -0.4 is 0 Å². The summed E-state index contributed by atoms with van der Waals surface area (Å²) >= 11 is 0. The van der Waals surface area contributed by atoms with Crippen molar-refractivity contribution >= 4 is 5.97 Å². The number of methoxy groups -OCH3 is 1. The molecule has 0 radical (unpaired) electrons. The molecule has 0 aromatic rings. The summed E-state index contributed by atoms with van der Waals surface area (Å²) in [6.07, 6.45) is 5.38. The number of rotatable bonds is 2. The number of hydrogen-bond donors (Lipinski definition) is 0. The van der Waals surface area contributed by atoms with Crippen molar-refractivity contribution in [3.63, 3.8) is 0 Å². The molecule has 2 atom stereocenters. The van der Waals surface area contributed by atoms with E-state index in [1.807, 2.05) is 0 Å². The van der Waals surface area contributed by atoms with Gasteiger partial charge in [0.05, 0.1) is 12.5 Å². The van der Waals surface area contributed by atoms with E-state index >= 15 is 0 Å². The van der Waals surface area contributed by atoms with Gasteiger partial charge in [0.15, 0.2) is 0 Å². The second kappa shape index (κ2) is 4.12. The maximum absolute atomic E-state index is 11.6. The van der Waals surface area contributed by atoms with Crippen LogP contribution in [0.25, 0.3) is 0 Å². The molecule has 0 N–H and O–H groups in total. The Kier molecular flexibility index (Phi) is 3.34. The Morgan fingerprint density at radius 1 is 1.62 bits per heavy atom. The minimum atomic E-state index is -0.160. The smallest absolute Gasteiger partial charge is 0.311 e. The normalized spacial score (nSPS) is 34.2. The molecule has 0 spiro atoms. The van der Waals surface area contributed by atoms with Crippen LogP contribution in [-0.2, 0) is 9.53 Å². The monoisotopic (exact) mass is 184 g/mol. The Balaban J connectivity index is 2.73. The summed E-state index contributed by atoms with van der Waals surface area (Å²) in [4.78, 5) is 11.6. The van der Waals surface area contributed by atoms with E-state index in [9.17, 15) is 4.79 Å². The first-order chi connectivity index (χ1) is 6.14. The first-order valence-corrected chi connectivity index (χ1v) is 5.23. The molecule has 1 aliphatic rings. The van der Waals surface area contributed by atoms with Crippen molar-refractivity contribution < 1.29 is 9.53 Å². The van der Waals surface area contributed by atoms with Crippen LogP contribution in [0.1, 0.15) is 46.0 Å². The molecule has 0 bridgehead atoms. The van der Waals surface area contributed by atoms with Crippen molar-refractivity contribution in [3.8, 4) is 0 Å². The predicted octanol–water partition coefficient (Wildman–Crippen LogP) is 2.77. The van der Waals surface area contributed by atoms with E-state index in [4.69, 9.17) is 4.74 Å². The average Bonchev–Trinajstić information content (AvgIpc) is 2.16. The lowest BCUT2D eigenvalue weighted by Crippen LogP contribution is -2.36. The van der Waals surface area contributed by atoms with Crippen molar-refractivity contribution in [2.45, 2.75) is 46.0 Å². The SMILES string of the molecule is CCC1(C(=O)OC)CCCC(C)C1. The topological polar surface area (TPSA) is 26.3 Å². The summed E-state index contributed by atoms with van der Waals surface area (Å²) < 4.78 is 4.89. The lowest BCUT2D eigenvalue weighted by atomic mass is 9.68. The molecular formula is C11H20O2. The molecule has 2 nitrogen and oxygen atoms in total. The van der Waals surface area contributed by atoms with Crippen molar-refractivity contribution in [1.29, 1.82) is 0 Å². The van der Waals surface area contributed by atoms with Crippen LogP contribution in [0, 0.1) is 11.3 Å². The number of esters is 1. The maximum atomic E-state index is 11.6. The number of carbonyl (C=O) groups is 1. The van der Waals surface area contributed by atoms with Crippen LogP contribution in [-0.4, -0.2) is 13.1 Å². The minimum absolute atomic E-state index is 0.00144. The largest absolute Gasteiger partial charge is 0.469 e. The van der Waals surface area contributed by atoms with Crippen molar-refractivity contribution in [2.75, 3.05) is 7.11 Å². The first-order valence-electron chi connectivity index (χ1n) is 5.23. The molecule has 0 heterocycles. The zero-order chi connectivity index (χ0) is 9.90. The van der Waals surface area contributed by atoms with E-state index in [1.54, 1.807) is 0 Å². The molecule has 0 saturated heterocycles. The highest BCUT2D eigenvalue weighted by Gasteiger charge is 2.40. The van der Waals surface area contributed by atoms with E-state index in [0.29, 0.717) is 5.92 Å². The molecule has 0 aliphatic heterocycles. The summed E-state index contributed by atoms with van der Waals surface area (Å²) in [5.41, 5.74) is -0.160. The van der Waals surface area contributed by atoms with Gasteiger partial charge >= 0.3 is 5.97 Å². The third-order valence-electron chi connectivity index (χ3n) is 3.39.